The number of nitrogens with one attached hydrogen (secondary N) is 1. The van der Waals surface area contributed by atoms with Crippen molar-refractivity contribution in [1.29, 1.82) is 0 Å². The van der Waals surface area contributed by atoms with E-state index in [1.165, 1.54) is 24.3 Å². The molecule has 0 aliphatic rings. The number of carbonyl (C=O) groups is 1. The van der Waals surface area contributed by atoms with Crippen molar-refractivity contribution >= 4 is 16.9 Å². The van der Waals surface area contributed by atoms with Crippen LogP contribution in [0.25, 0.3) is 11.0 Å². The van der Waals surface area contributed by atoms with Crippen molar-refractivity contribution in [2.45, 2.75) is 32.7 Å². The molecule has 1 heterocycles. The van der Waals surface area contributed by atoms with Crippen LogP contribution >= 0.6 is 0 Å². The van der Waals surface area contributed by atoms with Gasteiger partial charge in [-0.05, 0) is 67.8 Å². The van der Waals surface area contributed by atoms with E-state index in [9.17, 15) is 9.18 Å². The average molecular weight is 446 g/mol. The van der Waals surface area contributed by atoms with Crippen LogP contribution in [0.5, 0.6) is 5.75 Å². The largest absolute Gasteiger partial charge is 0.493 e. The van der Waals surface area contributed by atoms with Crippen LogP contribution < -0.4 is 10.1 Å². The number of hydrogen-bond acceptors (Lipinski definition) is 3. The van der Waals surface area contributed by atoms with Gasteiger partial charge in [0, 0.05) is 25.1 Å². The fourth-order valence-electron chi connectivity index (χ4n) is 3.83. The fourth-order valence-corrected chi connectivity index (χ4v) is 3.83. The van der Waals surface area contributed by atoms with Crippen molar-refractivity contribution in [3.8, 4) is 5.75 Å². The van der Waals surface area contributed by atoms with Gasteiger partial charge in [-0.25, -0.2) is 9.37 Å². The van der Waals surface area contributed by atoms with Gasteiger partial charge in [-0.3, -0.25) is 4.79 Å². The number of amides is 1. The van der Waals surface area contributed by atoms with Crippen LogP contribution in [0.3, 0.4) is 0 Å². The number of para-hydroxylation sites is 3. The first-order valence-electron chi connectivity index (χ1n) is 11.3. The fraction of sp³-hybridized carbons (Fsp3) is 0.259. The summed E-state index contributed by atoms with van der Waals surface area (Å²) in [5.74, 6) is 1.30. The summed E-state index contributed by atoms with van der Waals surface area (Å²) >= 11 is 0. The first-order chi connectivity index (χ1) is 16.1. The minimum absolute atomic E-state index is 0.217. The van der Waals surface area contributed by atoms with Crippen LogP contribution in [-0.2, 0) is 13.0 Å². The van der Waals surface area contributed by atoms with Gasteiger partial charge in [0.25, 0.3) is 5.91 Å². The molecule has 1 aromatic heterocycles. The quantitative estimate of drug-likeness (QED) is 0.336. The standard InChI is InChI=1S/C27H28FN3O2/c1-20-8-2-5-11-25(20)33-19-7-6-18-31-24-10-4-3-9-23(24)30-26(31)16-17-29-27(32)21-12-14-22(28)15-13-21/h2-5,8-15H,6-7,16-19H2,1H3,(H,29,32). The molecular weight excluding hydrogens is 417 g/mol. The van der Waals surface area contributed by atoms with Gasteiger partial charge in [0.1, 0.15) is 17.4 Å². The van der Waals surface area contributed by atoms with Gasteiger partial charge in [0.15, 0.2) is 0 Å². The number of unbranched alkanes of at least 4 members (excludes halogenated alkanes) is 1. The van der Waals surface area contributed by atoms with Crippen LogP contribution in [0.4, 0.5) is 4.39 Å². The molecule has 0 unspecified atom stereocenters. The van der Waals surface area contributed by atoms with E-state index in [-0.39, 0.29) is 11.7 Å². The summed E-state index contributed by atoms with van der Waals surface area (Å²) in [6.45, 7) is 4.00. The Morgan fingerprint density at radius 3 is 2.58 bits per heavy atom. The number of benzene rings is 3. The zero-order chi connectivity index (χ0) is 23.0. The van der Waals surface area contributed by atoms with E-state index >= 15 is 0 Å². The molecule has 33 heavy (non-hydrogen) atoms. The Morgan fingerprint density at radius 2 is 1.76 bits per heavy atom. The number of hydrogen-bond donors (Lipinski definition) is 1. The topological polar surface area (TPSA) is 56.1 Å². The van der Waals surface area contributed by atoms with Crippen molar-refractivity contribution < 1.29 is 13.9 Å². The van der Waals surface area contributed by atoms with E-state index in [0.29, 0.717) is 25.1 Å². The van der Waals surface area contributed by atoms with Crippen molar-refractivity contribution in [2.75, 3.05) is 13.2 Å². The minimum atomic E-state index is -0.357. The highest BCUT2D eigenvalue weighted by Gasteiger charge is 2.11. The molecule has 0 saturated carbocycles. The number of rotatable bonds is 10. The first kappa shape index (κ1) is 22.5. The molecule has 3 aromatic carbocycles. The number of nitrogens with zero attached hydrogens (tertiary/aromatic N) is 2. The molecule has 0 aliphatic heterocycles. The lowest BCUT2D eigenvalue weighted by Gasteiger charge is -2.11. The van der Waals surface area contributed by atoms with E-state index < -0.39 is 0 Å². The average Bonchev–Trinajstić information content (AvgIpc) is 3.17. The predicted octanol–water partition coefficient (Wildman–Crippen LogP) is 5.32. The molecule has 0 bridgehead atoms. The van der Waals surface area contributed by atoms with Crippen LogP contribution in [0, 0.1) is 12.7 Å². The number of ether oxygens (including phenoxy) is 1. The van der Waals surface area contributed by atoms with E-state index in [4.69, 9.17) is 9.72 Å². The Hall–Kier alpha value is -3.67. The maximum atomic E-state index is 13.1. The molecule has 1 amide bonds. The smallest absolute Gasteiger partial charge is 0.251 e. The van der Waals surface area contributed by atoms with Crippen LogP contribution in [0.2, 0.25) is 0 Å². The summed E-state index contributed by atoms with van der Waals surface area (Å²) in [6, 6.07) is 21.7. The summed E-state index contributed by atoms with van der Waals surface area (Å²) in [5, 5.41) is 2.90. The Bertz CT molecular complexity index is 1220. The summed E-state index contributed by atoms with van der Waals surface area (Å²) in [6.07, 6.45) is 2.50. The third-order valence-corrected chi connectivity index (χ3v) is 5.60. The minimum Gasteiger partial charge on any atom is -0.493 e. The van der Waals surface area contributed by atoms with Gasteiger partial charge in [0.2, 0.25) is 0 Å². The maximum absolute atomic E-state index is 13.1. The van der Waals surface area contributed by atoms with E-state index in [1.54, 1.807) is 0 Å². The van der Waals surface area contributed by atoms with Crippen LogP contribution in [0.1, 0.15) is 34.6 Å². The normalized spacial score (nSPS) is 11.0. The van der Waals surface area contributed by atoms with Gasteiger partial charge in [-0.1, -0.05) is 30.3 Å². The van der Waals surface area contributed by atoms with Gasteiger partial charge in [-0.2, -0.15) is 0 Å². The van der Waals surface area contributed by atoms with Gasteiger partial charge < -0.3 is 14.6 Å². The first-order valence-corrected chi connectivity index (χ1v) is 11.3. The molecule has 1 N–H and O–H groups in total. The van der Waals surface area contributed by atoms with E-state index in [0.717, 1.165) is 47.6 Å². The number of carbonyl (C=O) groups excluding carboxylic acids is 1. The summed E-state index contributed by atoms with van der Waals surface area (Å²) in [4.78, 5) is 17.1. The summed E-state index contributed by atoms with van der Waals surface area (Å²) < 4.78 is 21.2. The van der Waals surface area contributed by atoms with Gasteiger partial charge >= 0.3 is 0 Å². The highest BCUT2D eigenvalue weighted by molar-refractivity contribution is 5.94. The highest BCUT2D eigenvalue weighted by atomic mass is 19.1. The molecule has 4 rings (SSSR count). The van der Waals surface area contributed by atoms with Crippen molar-refractivity contribution in [2.24, 2.45) is 0 Å². The zero-order valence-electron chi connectivity index (χ0n) is 18.8. The molecule has 5 nitrogen and oxygen atoms in total. The predicted molar refractivity (Wildman–Crippen MR) is 128 cm³/mol. The Labute approximate surface area is 193 Å². The van der Waals surface area contributed by atoms with E-state index in [1.807, 2.05) is 49.4 Å². The summed E-state index contributed by atoms with van der Waals surface area (Å²) in [5.41, 5.74) is 3.63. The van der Waals surface area contributed by atoms with Gasteiger partial charge in [-0.15, -0.1) is 0 Å². The highest BCUT2D eigenvalue weighted by Crippen LogP contribution is 2.19. The van der Waals surface area contributed by atoms with Crippen molar-refractivity contribution in [3.63, 3.8) is 0 Å². The molecule has 0 aliphatic carbocycles. The molecule has 170 valence electrons. The Morgan fingerprint density at radius 1 is 1.00 bits per heavy atom. The lowest BCUT2D eigenvalue weighted by atomic mass is 10.2. The van der Waals surface area contributed by atoms with Crippen LogP contribution in [-0.4, -0.2) is 28.6 Å². The molecule has 4 aromatic rings. The van der Waals surface area contributed by atoms with Crippen molar-refractivity contribution in [3.05, 3.63) is 95.6 Å². The number of imidazole rings is 1. The second-order valence-corrected chi connectivity index (χ2v) is 8.00. The van der Waals surface area contributed by atoms with Gasteiger partial charge in [0.05, 0.1) is 17.6 Å². The SMILES string of the molecule is Cc1ccccc1OCCCCn1c(CCNC(=O)c2ccc(F)cc2)nc2ccccc21. The molecule has 0 spiro atoms. The monoisotopic (exact) mass is 445 g/mol. The zero-order valence-corrected chi connectivity index (χ0v) is 18.8. The molecule has 0 radical (unpaired) electrons. The third-order valence-electron chi connectivity index (χ3n) is 5.60. The van der Waals surface area contributed by atoms with Crippen LogP contribution in [0.15, 0.2) is 72.8 Å². The number of fused-ring (bicyclic) bond motifs is 1. The third kappa shape index (κ3) is 5.77. The number of halogens is 1. The van der Waals surface area contributed by atoms with Crippen molar-refractivity contribution in [1.82, 2.24) is 14.9 Å². The van der Waals surface area contributed by atoms with E-state index in [2.05, 4.69) is 16.0 Å². The molecule has 6 heteroatoms. The lowest BCUT2D eigenvalue weighted by molar-refractivity contribution is 0.0954. The number of aromatic nitrogens is 2. The number of aryl methyl sites for hydroxylation is 2. The second-order valence-electron chi connectivity index (χ2n) is 8.00. The summed E-state index contributed by atoms with van der Waals surface area (Å²) in [7, 11) is 0. The maximum Gasteiger partial charge on any atom is 0.251 e. The molecule has 0 saturated heterocycles. The molecule has 0 fully saturated rings. The molecule has 0 atom stereocenters. The second kappa shape index (κ2) is 10.8. The molecular formula is C27H28FN3O2. The Kier molecular flexibility index (Phi) is 7.35. The lowest BCUT2D eigenvalue weighted by Crippen LogP contribution is -2.26. The Balaban J connectivity index is 1.33.